The molecule has 28 heavy (non-hydrogen) atoms. The van der Waals surface area contributed by atoms with Gasteiger partial charge in [-0.3, -0.25) is 10.1 Å². The van der Waals surface area contributed by atoms with Crippen LogP contribution in [0.15, 0.2) is 29.2 Å². The van der Waals surface area contributed by atoms with Crippen LogP contribution < -0.4 is 5.32 Å². The van der Waals surface area contributed by atoms with Gasteiger partial charge in [0.1, 0.15) is 0 Å². The molecule has 158 valence electrons. The molecule has 1 amide bonds. The molecule has 1 aromatic carbocycles. The number of piperidine rings is 1. The molecule has 1 aromatic rings. The third kappa shape index (κ3) is 5.33. The Bertz CT molecular complexity index is 737. The zero-order valence-electron chi connectivity index (χ0n) is 17.8. The third-order valence-corrected chi connectivity index (χ3v) is 7.75. The van der Waals surface area contributed by atoms with E-state index >= 15 is 0 Å². The lowest BCUT2D eigenvalue weighted by atomic mass is 9.98. The molecule has 1 aliphatic heterocycles. The number of hydrogen-bond donors (Lipinski definition) is 1. The van der Waals surface area contributed by atoms with Crippen molar-refractivity contribution >= 4 is 15.9 Å². The fourth-order valence-electron chi connectivity index (χ4n) is 3.69. The number of benzene rings is 1. The fourth-order valence-corrected chi connectivity index (χ4v) is 5.14. The number of carbonyl (C=O) groups excluding carboxylic acids is 1. The Morgan fingerprint density at radius 1 is 1.14 bits per heavy atom. The molecule has 1 heterocycles. The first-order valence-electron chi connectivity index (χ1n) is 10.4. The van der Waals surface area contributed by atoms with Crippen LogP contribution in [0.4, 0.5) is 0 Å². The Kier molecular flexibility index (Phi) is 8.04. The molecule has 6 nitrogen and oxygen atoms in total. The Morgan fingerprint density at radius 2 is 1.68 bits per heavy atom. The van der Waals surface area contributed by atoms with Crippen LogP contribution in [0.25, 0.3) is 0 Å². The molecule has 2 unspecified atom stereocenters. The summed E-state index contributed by atoms with van der Waals surface area (Å²) in [5, 5.41) is 3.36. The largest absolute Gasteiger partial charge is 0.341 e. The minimum absolute atomic E-state index is 0.0483. The number of amides is 1. The zero-order valence-corrected chi connectivity index (χ0v) is 18.6. The summed E-state index contributed by atoms with van der Waals surface area (Å²) in [7, 11) is -3.45. The van der Waals surface area contributed by atoms with E-state index in [-0.39, 0.29) is 18.0 Å². The normalized spacial score (nSPS) is 18.3. The first-order valence-corrected chi connectivity index (χ1v) is 11.8. The Hall–Kier alpha value is -1.44. The minimum Gasteiger partial charge on any atom is -0.341 e. The number of hydrogen-bond acceptors (Lipinski definition) is 4. The molecule has 0 radical (unpaired) electrons. The topological polar surface area (TPSA) is 69.7 Å². The lowest BCUT2D eigenvalue weighted by molar-refractivity contribution is -0.134. The average Bonchev–Trinajstić information content (AvgIpc) is 2.68. The Morgan fingerprint density at radius 3 is 2.18 bits per heavy atom. The van der Waals surface area contributed by atoms with E-state index in [1.165, 1.54) is 4.31 Å². The summed E-state index contributed by atoms with van der Waals surface area (Å²) in [6.07, 6.45) is 2.13. The smallest absolute Gasteiger partial charge is 0.243 e. The predicted molar refractivity (Wildman–Crippen MR) is 113 cm³/mol. The van der Waals surface area contributed by atoms with E-state index in [0.717, 1.165) is 31.5 Å². The van der Waals surface area contributed by atoms with Crippen molar-refractivity contribution < 1.29 is 13.2 Å². The standard InChI is InChI=1S/C21H35N3O3S/c1-6-24(7-2)28(26,27)20-10-8-19(9-11-20)17(4)22-18(5)21(25)23-14-12-16(3)13-15-23/h8-11,16-18,22H,6-7,12-15H2,1-5H3. The maximum atomic E-state index is 12.7. The highest BCUT2D eigenvalue weighted by atomic mass is 32.2. The van der Waals surface area contributed by atoms with Gasteiger partial charge in [0.15, 0.2) is 0 Å². The van der Waals surface area contributed by atoms with Gasteiger partial charge >= 0.3 is 0 Å². The molecule has 1 N–H and O–H groups in total. The number of nitrogens with zero attached hydrogens (tertiary/aromatic N) is 2. The van der Waals surface area contributed by atoms with Gasteiger partial charge in [-0.05, 0) is 50.3 Å². The minimum atomic E-state index is -3.45. The second-order valence-corrected chi connectivity index (χ2v) is 9.71. The summed E-state index contributed by atoms with van der Waals surface area (Å²) < 4.78 is 26.7. The fraction of sp³-hybridized carbons (Fsp3) is 0.667. The molecule has 7 heteroatoms. The number of nitrogens with one attached hydrogen (secondary N) is 1. The van der Waals surface area contributed by atoms with Crippen molar-refractivity contribution in [2.45, 2.75) is 64.4 Å². The second kappa shape index (κ2) is 9.85. The molecule has 0 saturated carbocycles. The van der Waals surface area contributed by atoms with Crippen molar-refractivity contribution in [2.24, 2.45) is 5.92 Å². The van der Waals surface area contributed by atoms with E-state index in [0.29, 0.717) is 23.9 Å². The maximum Gasteiger partial charge on any atom is 0.243 e. The quantitative estimate of drug-likeness (QED) is 0.717. The van der Waals surface area contributed by atoms with Gasteiger partial charge in [0.2, 0.25) is 15.9 Å². The summed E-state index contributed by atoms with van der Waals surface area (Å²) in [4.78, 5) is 14.9. The van der Waals surface area contributed by atoms with Gasteiger partial charge in [-0.15, -0.1) is 0 Å². The van der Waals surface area contributed by atoms with Crippen molar-refractivity contribution in [3.63, 3.8) is 0 Å². The summed E-state index contributed by atoms with van der Waals surface area (Å²) in [5.74, 6) is 0.830. The highest BCUT2D eigenvalue weighted by Gasteiger charge is 2.26. The molecule has 2 rings (SSSR count). The monoisotopic (exact) mass is 409 g/mol. The van der Waals surface area contributed by atoms with Crippen LogP contribution in [0.1, 0.15) is 59.1 Å². The van der Waals surface area contributed by atoms with Gasteiger partial charge in [-0.1, -0.05) is 32.9 Å². The van der Waals surface area contributed by atoms with Crippen LogP contribution >= 0.6 is 0 Å². The molecule has 0 spiro atoms. The van der Waals surface area contributed by atoms with Crippen molar-refractivity contribution in [3.8, 4) is 0 Å². The second-order valence-electron chi connectivity index (χ2n) is 7.78. The van der Waals surface area contributed by atoms with E-state index in [2.05, 4.69) is 12.2 Å². The van der Waals surface area contributed by atoms with Gasteiger partial charge in [0.25, 0.3) is 0 Å². The van der Waals surface area contributed by atoms with Gasteiger partial charge in [-0.2, -0.15) is 4.31 Å². The van der Waals surface area contributed by atoms with Crippen LogP contribution in [-0.2, 0) is 14.8 Å². The van der Waals surface area contributed by atoms with Crippen LogP contribution in [0, 0.1) is 5.92 Å². The van der Waals surface area contributed by atoms with E-state index < -0.39 is 10.0 Å². The van der Waals surface area contributed by atoms with E-state index in [4.69, 9.17) is 0 Å². The van der Waals surface area contributed by atoms with Gasteiger partial charge in [0, 0.05) is 32.2 Å². The predicted octanol–water partition coefficient (Wildman–Crippen LogP) is 3.01. The summed E-state index contributed by atoms with van der Waals surface area (Å²) >= 11 is 0. The lowest BCUT2D eigenvalue weighted by Crippen LogP contribution is -2.48. The average molecular weight is 410 g/mol. The highest BCUT2D eigenvalue weighted by Crippen LogP contribution is 2.21. The molecule has 2 atom stereocenters. The SMILES string of the molecule is CCN(CC)S(=O)(=O)c1ccc(C(C)NC(C)C(=O)N2CCC(C)CC2)cc1. The number of likely N-dealkylation sites (tertiary alicyclic amines) is 1. The number of rotatable bonds is 8. The molecule has 1 aliphatic rings. The lowest BCUT2D eigenvalue weighted by Gasteiger charge is -2.33. The molecular weight excluding hydrogens is 374 g/mol. The van der Waals surface area contributed by atoms with Crippen LogP contribution in [0.2, 0.25) is 0 Å². The van der Waals surface area contributed by atoms with Crippen molar-refractivity contribution in [3.05, 3.63) is 29.8 Å². The molecule has 1 fully saturated rings. The van der Waals surface area contributed by atoms with Crippen molar-refractivity contribution in [2.75, 3.05) is 26.2 Å². The molecule has 0 bridgehead atoms. The first-order chi connectivity index (χ1) is 13.2. The van der Waals surface area contributed by atoms with Crippen molar-refractivity contribution in [1.82, 2.24) is 14.5 Å². The van der Waals surface area contributed by atoms with Crippen LogP contribution in [-0.4, -0.2) is 55.8 Å². The Balaban J connectivity index is 2.00. The summed E-state index contributed by atoms with van der Waals surface area (Å²) in [6, 6.07) is 6.64. The maximum absolute atomic E-state index is 12.7. The number of carbonyl (C=O) groups is 1. The molecule has 0 aromatic heterocycles. The third-order valence-electron chi connectivity index (χ3n) is 5.69. The Labute approximate surface area is 170 Å². The zero-order chi connectivity index (χ0) is 20.9. The van der Waals surface area contributed by atoms with E-state index in [9.17, 15) is 13.2 Å². The number of sulfonamides is 1. The van der Waals surface area contributed by atoms with Crippen molar-refractivity contribution in [1.29, 1.82) is 0 Å². The highest BCUT2D eigenvalue weighted by molar-refractivity contribution is 7.89. The first kappa shape index (κ1) is 22.8. The van der Waals surface area contributed by atoms with E-state index in [1.807, 2.05) is 44.7 Å². The van der Waals surface area contributed by atoms with Gasteiger partial charge in [0.05, 0.1) is 10.9 Å². The van der Waals surface area contributed by atoms with E-state index in [1.54, 1.807) is 12.1 Å². The van der Waals surface area contributed by atoms with Crippen LogP contribution in [0.5, 0.6) is 0 Å². The molecule has 1 saturated heterocycles. The van der Waals surface area contributed by atoms with Crippen LogP contribution in [0.3, 0.4) is 0 Å². The molecule has 0 aliphatic carbocycles. The van der Waals surface area contributed by atoms with Gasteiger partial charge < -0.3 is 4.90 Å². The summed E-state index contributed by atoms with van der Waals surface area (Å²) in [6.45, 7) is 12.4. The molecular formula is C21H35N3O3S. The summed E-state index contributed by atoms with van der Waals surface area (Å²) in [5.41, 5.74) is 0.963. The van der Waals surface area contributed by atoms with Gasteiger partial charge in [-0.25, -0.2) is 8.42 Å².